The Labute approximate surface area is 132 Å². The number of thiophene rings is 1. The van der Waals surface area contributed by atoms with Crippen LogP contribution in [-0.4, -0.2) is 19.5 Å². The molecule has 9 heteroatoms. The SMILES string of the molecule is O=C(O)C(NS(=O)(=O)c1ccc(Br)c(F)c1)c1cccs1. The van der Waals surface area contributed by atoms with E-state index >= 15 is 0 Å². The fraction of sp³-hybridized carbons (Fsp3) is 0.0833. The van der Waals surface area contributed by atoms with Crippen LogP contribution in [0.25, 0.3) is 0 Å². The molecule has 2 aromatic rings. The number of carboxylic acids is 1. The van der Waals surface area contributed by atoms with E-state index in [2.05, 4.69) is 20.7 Å². The fourth-order valence-corrected chi connectivity index (χ4v) is 3.82. The lowest BCUT2D eigenvalue weighted by atomic mass is 10.3. The molecule has 1 aromatic heterocycles. The van der Waals surface area contributed by atoms with Crippen LogP contribution >= 0.6 is 27.3 Å². The largest absolute Gasteiger partial charge is 0.480 e. The summed E-state index contributed by atoms with van der Waals surface area (Å²) in [5.41, 5.74) is 0. The first-order chi connectivity index (χ1) is 9.81. The summed E-state index contributed by atoms with van der Waals surface area (Å²) >= 11 is 4.03. The smallest absolute Gasteiger partial charge is 0.327 e. The van der Waals surface area contributed by atoms with Gasteiger partial charge >= 0.3 is 5.97 Å². The van der Waals surface area contributed by atoms with Crippen LogP contribution in [0.3, 0.4) is 0 Å². The Morgan fingerprint density at radius 1 is 1.38 bits per heavy atom. The summed E-state index contributed by atoms with van der Waals surface area (Å²) in [7, 11) is -4.15. The Morgan fingerprint density at radius 3 is 2.62 bits per heavy atom. The van der Waals surface area contributed by atoms with Gasteiger partial charge in [0, 0.05) is 4.88 Å². The first-order valence-corrected chi connectivity index (χ1v) is 8.70. The molecule has 1 aromatic carbocycles. The molecule has 5 nitrogen and oxygen atoms in total. The van der Waals surface area contributed by atoms with Gasteiger partial charge in [-0.15, -0.1) is 11.3 Å². The summed E-state index contributed by atoms with van der Waals surface area (Å²) in [5, 5.41) is 10.8. The quantitative estimate of drug-likeness (QED) is 0.817. The van der Waals surface area contributed by atoms with Crippen molar-refractivity contribution in [3.8, 4) is 0 Å². The van der Waals surface area contributed by atoms with Crippen molar-refractivity contribution in [1.29, 1.82) is 0 Å². The monoisotopic (exact) mass is 393 g/mol. The van der Waals surface area contributed by atoms with Crippen LogP contribution < -0.4 is 4.72 Å². The van der Waals surface area contributed by atoms with Crippen LogP contribution in [0.15, 0.2) is 45.1 Å². The first kappa shape index (κ1) is 16.1. The van der Waals surface area contributed by atoms with Gasteiger partial charge in [0.25, 0.3) is 0 Å². The molecule has 21 heavy (non-hydrogen) atoms. The summed E-state index contributed by atoms with van der Waals surface area (Å²) in [6.07, 6.45) is 0. The maximum absolute atomic E-state index is 13.4. The predicted octanol–water partition coefficient (Wildman–Crippen LogP) is 2.75. The molecule has 1 unspecified atom stereocenters. The van der Waals surface area contributed by atoms with Crippen molar-refractivity contribution in [3.05, 3.63) is 50.9 Å². The average molecular weight is 394 g/mol. The van der Waals surface area contributed by atoms with Crippen molar-refractivity contribution in [1.82, 2.24) is 4.72 Å². The van der Waals surface area contributed by atoms with Gasteiger partial charge in [-0.3, -0.25) is 4.79 Å². The molecule has 0 aliphatic carbocycles. The number of hydrogen-bond acceptors (Lipinski definition) is 4. The van der Waals surface area contributed by atoms with Gasteiger partial charge in [-0.2, -0.15) is 4.72 Å². The Kier molecular flexibility index (Phi) is 4.77. The number of hydrogen-bond donors (Lipinski definition) is 2. The van der Waals surface area contributed by atoms with E-state index in [1.807, 2.05) is 0 Å². The van der Waals surface area contributed by atoms with Crippen LogP contribution in [0, 0.1) is 5.82 Å². The number of carbonyl (C=O) groups is 1. The van der Waals surface area contributed by atoms with Gasteiger partial charge in [-0.25, -0.2) is 12.8 Å². The molecule has 0 aliphatic rings. The second-order valence-corrected chi connectivity index (χ2v) is 7.53. The molecule has 0 spiro atoms. The minimum absolute atomic E-state index is 0.120. The van der Waals surface area contributed by atoms with E-state index in [4.69, 9.17) is 5.11 Å². The maximum atomic E-state index is 13.4. The lowest BCUT2D eigenvalue weighted by Crippen LogP contribution is -2.33. The summed E-state index contributed by atoms with van der Waals surface area (Å²) in [6.45, 7) is 0. The van der Waals surface area contributed by atoms with Crippen molar-refractivity contribution in [2.24, 2.45) is 0 Å². The zero-order chi connectivity index (χ0) is 15.6. The molecular weight excluding hydrogens is 385 g/mol. The number of rotatable bonds is 5. The van der Waals surface area contributed by atoms with E-state index < -0.39 is 27.9 Å². The second kappa shape index (κ2) is 6.22. The van der Waals surface area contributed by atoms with Crippen LogP contribution in [0.1, 0.15) is 10.9 Å². The molecule has 0 bridgehead atoms. The highest BCUT2D eigenvalue weighted by molar-refractivity contribution is 9.10. The zero-order valence-corrected chi connectivity index (χ0v) is 13.5. The van der Waals surface area contributed by atoms with Gasteiger partial charge < -0.3 is 5.11 Å². The van der Waals surface area contributed by atoms with E-state index in [1.165, 1.54) is 18.2 Å². The van der Waals surface area contributed by atoms with Gasteiger partial charge in [0.15, 0.2) is 6.04 Å². The summed E-state index contributed by atoms with van der Waals surface area (Å²) in [4.78, 5) is 11.2. The number of sulfonamides is 1. The minimum atomic E-state index is -4.15. The van der Waals surface area contributed by atoms with Gasteiger partial charge in [-0.1, -0.05) is 6.07 Å². The minimum Gasteiger partial charge on any atom is -0.480 e. The number of nitrogens with one attached hydrogen (secondary N) is 1. The highest BCUT2D eigenvalue weighted by Gasteiger charge is 2.28. The van der Waals surface area contributed by atoms with Gasteiger partial charge in [-0.05, 0) is 45.6 Å². The van der Waals surface area contributed by atoms with Crippen LogP contribution in [0.2, 0.25) is 0 Å². The molecule has 112 valence electrons. The Balaban J connectivity index is 2.35. The molecule has 0 aliphatic heterocycles. The number of halogens is 2. The molecule has 2 rings (SSSR count). The van der Waals surface area contributed by atoms with E-state index in [9.17, 15) is 17.6 Å². The topological polar surface area (TPSA) is 83.5 Å². The van der Waals surface area contributed by atoms with Crippen molar-refractivity contribution >= 4 is 43.3 Å². The lowest BCUT2D eigenvalue weighted by molar-refractivity contribution is -0.139. The summed E-state index contributed by atoms with van der Waals surface area (Å²) in [5.74, 6) is -2.08. The normalized spacial score (nSPS) is 13.0. The molecule has 0 saturated heterocycles. The van der Waals surface area contributed by atoms with E-state index in [1.54, 1.807) is 11.4 Å². The summed E-state index contributed by atoms with van der Waals surface area (Å²) in [6, 6.07) is 4.95. The van der Waals surface area contributed by atoms with E-state index in [0.717, 1.165) is 17.4 Å². The van der Waals surface area contributed by atoms with Crippen molar-refractivity contribution in [2.45, 2.75) is 10.9 Å². The van der Waals surface area contributed by atoms with Gasteiger partial charge in [0.2, 0.25) is 10.0 Å². The third-order valence-electron chi connectivity index (χ3n) is 2.55. The standard InChI is InChI=1S/C12H9BrFNO4S2/c13-8-4-3-7(6-9(8)14)21(18,19)15-11(12(16)17)10-2-1-5-20-10/h1-6,11,15H,(H,16,17). The number of aliphatic carboxylic acids is 1. The average Bonchev–Trinajstić information content (AvgIpc) is 2.92. The summed E-state index contributed by atoms with van der Waals surface area (Å²) < 4.78 is 39.9. The Morgan fingerprint density at radius 2 is 2.10 bits per heavy atom. The van der Waals surface area contributed by atoms with Gasteiger partial charge in [0.1, 0.15) is 5.82 Å². The molecule has 0 radical (unpaired) electrons. The number of benzene rings is 1. The van der Waals surface area contributed by atoms with Gasteiger partial charge in [0.05, 0.1) is 9.37 Å². The Hall–Kier alpha value is -1.29. The van der Waals surface area contributed by atoms with Crippen molar-refractivity contribution < 1.29 is 22.7 Å². The number of carboxylic acid groups (broad SMARTS) is 1. The zero-order valence-electron chi connectivity index (χ0n) is 10.3. The lowest BCUT2D eigenvalue weighted by Gasteiger charge is -2.13. The highest BCUT2D eigenvalue weighted by atomic mass is 79.9. The predicted molar refractivity (Wildman–Crippen MR) is 79.1 cm³/mol. The maximum Gasteiger partial charge on any atom is 0.327 e. The molecule has 0 amide bonds. The first-order valence-electron chi connectivity index (χ1n) is 5.55. The van der Waals surface area contributed by atoms with Crippen LogP contribution in [0.5, 0.6) is 0 Å². The fourth-order valence-electron chi connectivity index (χ4n) is 1.55. The molecular formula is C12H9BrFNO4S2. The van der Waals surface area contributed by atoms with Crippen molar-refractivity contribution in [2.75, 3.05) is 0 Å². The second-order valence-electron chi connectivity index (χ2n) is 3.98. The van der Waals surface area contributed by atoms with E-state index in [0.29, 0.717) is 4.88 Å². The Bertz CT molecular complexity index is 762. The third kappa shape index (κ3) is 3.67. The van der Waals surface area contributed by atoms with E-state index in [-0.39, 0.29) is 9.37 Å². The molecule has 1 heterocycles. The van der Waals surface area contributed by atoms with Crippen LogP contribution in [0.4, 0.5) is 4.39 Å². The van der Waals surface area contributed by atoms with Crippen molar-refractivity contribution in [3.63, 3.8) is 0 Å². The highest BCUT2D eigenvalue weighted by Crippen LogP contribution is 2.24. The molecule has 0 fully saturated rings. The third-order valence-corrected chi connectivity index (χ3v) is 5.55. The molecule has 2 N–H and O–H groups in total. The molecule has 0 saturated carbocycles. The molecule has 1 atom stereocenters. The van der Waals surface area contributed by atoms with Crippen LogP contribution in [-0.2, 0) is 14.8 Å².